The van der Waals surface area contributed by atoms with Crippen molar-refractivity contribution in [2.75, 3.05) is 0 Å². The molecule has 0 saturated heterocycles. The number of hydrogen-bond acceptors (Lipinski definition) is 5. The molecular formula is C12H8BrNO5. The Labute approximate surface area is 116 Å². The quantitative estimate of drug-likeness (QED) is 0.664. The van der Waals surface area contributed by atoms with E-state index in [9.17, 15) is 20.3 Å². The Balaban J connectivity index is 2.40. The van der Waals surface area contributed by atoms with Gasteiger partial charge in [0.15, 0.2) is 0 Å². The predicted octanol–water partition coefficient (Wildman–Crippen LogP) is 3.56. The van der Waals surface area contributed by atoms with Crippen LogP contribution in [0.25, 0.3) is 0 Å². The number of nitro benzene ring substituents is 1. The summed E-state index contributed by atoms with van der Waals surface area (Å²) < 4.78 is 5.85. The van der Waals surface area contributed by atoms with Gasteiger partial charge in [0, 0.05) is 28.7 Å². The minimum atomic E-state index is -0.581. The highest BCUT2D eigenvalue weighted by Gasteiger charge is 2.16. The van der Waals surface area contributed by atoms with E-state index in [0.29, 0.717) is 4.47 Å². The van der Waals surface area contributed by atoms with Crippen molar-refractivity contribution in [3.8, 4) is 23.0 Å². The summed E-state index contributed by atoms with van der Waals surface area (Å²) in [7, 11) is 0. The maximum atomic E-state index is 10.9. The zero-order valence-corrected chi connectivity index (χ0v) is 11.0. The highest BCUT2D eigenvalue weighted by molar-refractivity contribution is 9.10. The van der Waals surface area contributed by atoms with Crippen LogP contribution in [0.4, 0.5) is 5.69 Å². The summed E-state index contributed by atoms with van der Waals surface area (Å²) in [4.78, 5) is 10.3. The number of aromatic hydroxyl groups is 2. The van der Waals surface area contributed by atoms with E-state index >= 15 is 0 Å². The predicted molar refractivity (Wildman–Crippen MR) is 70.6 cm³/mol. The summed E-state index contributed by atoms with van der Waals surface area (Å²) in [6.45, 7) is 0. The summed E-state index contributed by atoms with van der Waals surface area (Å²) in [5.41, 5.74) is -0.225. The van der Waals surface area contributed by atoms with Gasteiger partial charge in [0.25, 0.3) is 0 Å². The van der Waals surface area contributed by atoms with Crippen molar-refractivity contribution in [3.63, 3.8) is 0 Å². The lowest BCUT2D eigenvalue weighted by molar-refractivity contribution is -0.385. The average Bonchev–Trinajstić information content (AvgIpc) is 2.30. The number of phenols is 2. The molecule has 0 fully saturated rings. The molecule has 2 aromatic carbocycles. The van der Waals surface area contributed by atoms with Gasteiger partial charge in [-0.3, -0.25) is 10.1 Å². The molecule has 0 heterocycles. The fourth-order valence-corrected chi connectivity index (χ4v) is 1.82. The summed E-state index contributed by atoms with van der Waals surface area (Å²) >= 11 is 3.13. The smallest absolute Gasteiger partial charge is 0.312 e. The highest BCUT2D eigenvalue weighted by atomic mass is 79.9. The van der Waals surface area contributed by atoms with E-state index in [4.69, 9.17) is 4.74 Å². The van der Waals surface area contributed by atoms with Crippen LogP contribution in [0.1, 0.15) is 0 Å². The zero-order chi connectivity index (χ0) is 14.0. The molecule has 7 heteroatoms. The third kappa shape index (κ3) is 3.14. The minimum absolute atomic E-state index is 0.0122. The van der Waals surface area contributed by atoms with Gasteiger partial charge in [0.2, 0.25) is 5.75 Å². The largest absolute Gasteiger partial charge is 0.508 e. The molecule has 0 aliphatic carbocycles. The lowest BCUT2D eigenvalue weighted by Crippen LogP contribution is -1.93. The third-order valence-electron chi connectivity index (χ3n) is 2.22. The molecule has 0 radical (unpaired) electrons. The molecule has 0 aliphatic heterocycles. The molecule has 0 atom stereocenters. The van der Waals surface area contributed by atoms with Crippen molar-refractivity contribution >= 4 is 21.6 Å². The molecule has 2 aromatic rings. The van der Waals surface area contributed by atoms with Crippen molar-refractivity contribution in [3.05, 3.63) is 51.0 Å². The van der Waals surface area contributed by atoms with Gasteiger partial charge in [-0.2, -0.15) is 0 Å². The number of halogens is 1. The van der Waals surface area contributed by atoms with Crippen LogP contribution in [-0.4, -0.2) is 15.1 Å². The van der Waals surface area contributed by atoms with Crippen molar-refractivity contribution in [1.29, 1.82) is 0 Å². The van der Waals surface area contributed by atoms with Crippen molar-refractivity contribution in [2.24, 2.45) is 0 Å². The van der Waals surface area contributed by atoms with Crippen LogP contribution in [0.15, 0.2) is 40.9 Å². The van der Waals surface area contributed by atoms with E-state index in [2.05, 4.69) is 15.9 Å². The third-order valence-corrected chi connectivity index (χ3v) is 2.71. The number of phenolic OH excluding ortho intramolecular Hbond substituents is 2. The summed E-state index contributed by atoms with van der Waals surface area (Å²) in [6.07, 6.45) is 0. The monoisotopic (exact) mass is 325 g/mol. The first-order valence-electron chi connectivity index (χ1n) is 5.10. The van der Waals surface area contributed by atoms with Crippen LogP contribution in [0.2, 0.25) is 0 Å². The lowest BCUT2D eigenvalue weighted by atomic mass is 10.3. The Kier molecular flexibility index (Phi) is 3.57. The van der Waals surface area contributed by atoms with Gasteiger partial charge in [0.05, 0.1) is 4.92 Å². The van der Waals surface area contributed by atoms with Crippen molar-refractivity contribution < 1.29 is 19.9 Å². The van der Waals surface area contributed by atoms with E-state index in [1.165, 1.54) is 24.3 Å². The van der Waals surface area contributed by atoms with E-state index in [0.717, 1.165) is 6.07 Å². The number of benzene rings is 2. The molecule has 0 bridgehead atoms. The molecule has 19 heavy (non-hydrogen) atoms. The van der Waals surface area contributed by atoms with E-state index in [1.54, 1.807) is 6.07 Å². The molecule has 0 saturated carbocycles. The molecule has 0 aromatic heterocycles. The highest BCUT2D eigenvalue weighted by Crippen LogP contribution is 2.35. The number of nitro groups is 1. The van der Waals surface area contributed by atoms with Gasteiger partial charge in [-0.1, -0.05) is 15.9 Å². The number of rotatable bonds is 3. The van der Waals surface area contributed by atoms with Crippen LogP contribution in [0.3, 0.4) is 0 Å². The fourth-order valence-electron chi connectivity index (χ4n) is 1.47. The van der Waals surface area contributed by atoms with Crippen LogP contribution < -0.4 is 4.74 Å². The summed E-state index contributed by atoms with van der Waals surface area (Å²) in [6, 6.07) is 7.92. The number of ether oxygens (including phenoxy) is 1. The molecule has 0 amide bonds. The van der Waals surface area contributed by atoms with Crippen molar-refractivity contribution in [2.45, 2.75) is 0 Å². The number of nitrogens with zero attached hydrogens (tertiary/aromatic N) is 1. The molecule has 0 spiro atoms. The Morgan fingerprint density at radius 3 is 2.32 bits per heavy atom. The van der Waals surface area contributed by atoms with Gasteiger partial charge in [-0.25, -0.2) is 0 Å². The van der Waals surface area contributed by atoms with Crippen LogP contribution in [0, 0.1) is 10.1 Å². The first-order valence-corrected chi connectivity index (χ1v) is 5.90. The van der Waals surface area contributed by atoms with Gasteiger partial charge >= 0.3 is 5.69 Å². The number of hydrogen-bond donors (Lipinski definition) is 2. The van der Waals surface area contributed by atoms with Crippen molar-refractivity contribution in [1.82, 2.24) is 0 Å². The van der Waals surface area contributed by atoms with Gasteiger partial charge in [-0.05, 0) is 12.1 Å². The van der Waals surface area contributed by atoms with E-state index in [-0.39, 0.29) is 28.7 Å². The Morgan fingerprint density at radius 1 is 1.11 bits per heavy atom. The molecular weight excluding hydrogens is 318 g/mol. The molecule has 2 N–H and O–H groups in total. The Morgan fingerprint density at radius 2 is 1.74 bits per heavy atom. The Bertz CT molecular complexity index is 624. The van der Waals surface area contributed by atoms with Gasteiger partial charge < -0.3 is 14.9 Å². The standard InChI is InChI=1S/C12H8BrNO5/c13-7-1-2-12(11(3-7)14(17)18)19-10-5-8(15)4-9(16)6-10/h1-6,15-16H. The van der Waals surface area contributed by atoms with E-state index < -0.39 is 4.92 Å². The second kappa shape index (κ2) is 5.15. The summed E-state index contributed by atoms with van der Waals surface area (Å²) in [5.74, 6) is -0.286. The molecule has 98 valence electrons. The SMILES string of the molecule is O=[N+]([O-])c1cc(Br)ccc1Oc1cc(O)cc(O)c1. The molecule has 0 aliphatic rings. The van der Waals surface area contributed by atoms with E-state index in [1.807, 2.05) is 0 Å². The topological polar surface area (TPSA) is 92.8 Å². The average molecular weight is 326 g/mol. The van der Waals surface area contributed by atoms with Gasteiger partial charge in [-0.15, -0.1) is 0 Å². The maximum Gasteiger partial charge on any atom is 0.312 e. The van der Waals surface area contributed by atoms with Gasteiger partial charge in [0.1, 0.15) is 17.2 Å². The lowest BCUT2D eigenvalue weighted by Gasteiger charge is -2.07. The van der Waals surface area contributed by atoms with Crippen LogP contribution in [-0.2, 0) is 0 Å². The molecule has 6 nitrogen and oxygen atoms in total. The fraction of sp³-hybridized carbons (Fsp3) is 0. The first-order chi connectivity index (χ1) is 8.95. The maximum absolute atomic E-state index is 10.9. The normalized spacial score (nSPS) is 10.2. The van der Waals surface area contributed by atoms with Crippen LogP contribution in [0.5, 0.6) is 23.0 Å². The molecule has 0 unspecified atom stereocenters. The second-order valence-electron chi connectivity index (χ2n) is 3.66. The molecule has 2 rings (SSSR count). The van der Waals surface area contributed by atoms with Crippen LogP contribution >= 0.6 is 15.9 Å². The Hall–Kier alpha value is -2.28. The second-order valence-corrected chi connectivity index (χ2v) is 4.57. The summed E-state index contributed by atoms with van der Waals surface area (Å²) in [5, 5.41) is 29.5. The zero-order valence-electron chi connectivity index (χ0n) is 9.41. The minimum Gasteiger partial charge on any atom is -0.508 e. The first kappa shape index (κ1) is 13.2.